The second-order valence-electron chi connectivity index (χ2n) is 2.69. The molecular formula is C6H14N3O+. The van der Waals surface area contributed by atoms with E-state index in [0.717, 1.165) is 19.6 Å². The van der Waals surface area contributed by atoms with Gasteiger partial charge in [-0.05, 0) is 25.9 Å². The molecule has 0 aromatic heterocycles. The molecule has 0 amide bonds. The van der Waals surface area contributed by atoms with Gasteiger partial charge in [0.2, 0.25) is 6.54 Å². The fourth-order valence-corrected chi connectivity index (χ4v) is 1.25. The van der Waals surface area contributed by atoms with Gasteiger partial charge in [0.05, 0.1) is 11.5 Å². The predicted molar refractivity (Wildman–Crippen MR) is 38.4 cm³/mol. The highest BCUT2D eigenvalue weighted by Gasteiger charge is 2.13. The Morgan fingerprint density at radius 2 is 2.00 bits per heavy atom. The average Bonchev–Trinajstić information content (AvgIpc) is 2.34. The molecule has 0 aliphatic carbocycles. The van der Waals surface area contributed by atoms with Crippen LogP contribution in [0, 0.1) is 4.91 Å². The highest BCUT2D eigenvalue weighted by Crippen LogP contribution is 2.05. The van der Waals surface area contributed by atoms with Crippen LogP contribution < -0.4 is 5.84 Å². The van der Waals surface area contributed by atoms with Crippen LogP contribution in [0.25, 0.3) is 0 Å². The number of likely N-dealkylation sites (tertiary alicyclic amines) is 1. The number of nitroso groups, excluding NO2 is 1. The lowest BCUT2D eigenvalue weighted by Crippen LogP contribution is -2.30. The molecule has 0 spiro atoms. The van der Waals surface area contributed by atoms with Crippen LogP contribution in [0.4, 0.5) is 0 Å². The molecule has 0 unspecified atom stereocenters. The first-order chi connectivity index (χ1) is 4.79. The Balaban J connectivity index is 2.07. The molecule has 1 aliphatic rings. The summed E-state index contributed by atoms with van der Waals surface area (Å²) in [4.78, 5) is 13.0. The number of nitrogens with zero attached hydrogens (tertiary/aromatic N) is 2. The van der Waals surface area contributed by atoms with Crippen LogP contribution >= 0.6 is 0 Å². The quantitative estimate of drug-likeness (QED) is 0.337. The number of rotatable bonds is 3. The van der Waals surface area contributed by atoms with Crippen molar-refractivity contribution in [3.8, 4) is 0 Å². The van der Waals surface area contributed by atoms with Gasteiger partial charge in [-0.3, -0.25) is 4.90 Å². The SMILES string of the molecule is N[N+](=O)CCN1CCCC1. The first-order valence-corrected chi connectivity index (χ1v) is 3.71. The van der Waals surface area contributed by atoms with Crippen molar-refractivity contribution in [1.29, 1.82) is 0 Å². The number of nitrogens with two attached hydrogens (primary N) is 1. The van der Waals surface area contributed by atoms with Crippen LogP contribution in [0.3, 0.4) is 0 Å². The third kappa shape index (κ3) is 2.31. The molecule has 1 fully saturated rings. The minimum absolute atomic E-state index is 0.431. The van der Waals surface area contributed by atoms with Crippen molar-refractivity contribution < 1.29 is 4.87 Å². The summed E-state index contributed by atoms with van der Waals surface area (Å²) in [7, 11) is 0. The van der Waals surface area contributed by atoms with Gasteiger partial charge >= 0.3 is 0 Å². The number of hydrogen-bond donors (Lipinski definition) is 1. The van der Waals surface area contributed by atoms with E-state index >= 15 is 0 Å². The standard InChI is InChI=1S/C6H14N3O/c7-9(10)6-5-8-3-1-2-4-8/h1-6H2,(H2,7,10)/q+1. The minimum Gasteiger partial charge on any atom is -0.297 e. The molecule has 2 N–H and O–H groups in total. The van der Waals surface area contributed by atoms with Gasteiger partial charge in [-0.25, -0.2) is 0 Å². The van der Waals surface area contributed by atoms with E-state index in [4.69, 9.17) is 5.84 Å². The monoisotopic (exact) mass is 144 g/mol. The molecule has 0 saturated carbocycles. The van der Waals surface area contributed by atoms with Gasteiger partial charge in [-0.2, -0.15) is 5.84 Å². The van der Waals surface area contributed by atoms with Crippen molar-refractivity contribution in [3.05, 3.63) is 4.91 Å². The van der Waals surface area contributed by atoms with Gasteiger partial charge < -0.3 is 0 Å². The Hall–Kier alpha value is -0.640. The first-order valence-electron chi connectivity index (χ1n) is 3.71. The van der Waals surface area contributed by atoms with E-state index in [1.807, 2.05) is 0 Å². The smallest absolute Gasteiger partial charge is 0.237 e. The van der Waals surface area contributed by atoms with Crippen LogP contribution in [-0.4, -0.2) is 35.9 Å². The fraction of sp³-hybridized carbons (Fsp3) is 1.00. The van der Waals surface area contributed by atoms with E-state index in [1.54, 1.807) is 0 Å². The first kappa shape index (κ1) is 7.47. The maximum atomic E-state index is 10.3. The topological polar surface area (TPSA) is 49.3 Å². The highest BCUT2D eigenvalue weighted by atomic mass is 16.3. The largest absolute Gasteiger partial charge is 0.297 e. The minimum atomic E-state index is 0.431. The van der Waals surface area contributed by atoms with Gasteiger partial charge in [0, 0.05) is 0 Å². The van der Waals surface area contributed by atoms with Gasteiger partial charge in [0.1, 0.15) is 4.87 Å². The number of hydrogen-bond acceptors (Lipinski definition) is 2. The zero-order chi connectivity index (χ0) is 7.40. The van der Waals surface area contributed by atoms with Crippen LogP contribution in [0.2, 0.25) is 0 Å². The summed E-state index contributed by atoms with van der Waals surface area (Å²) < 4.78 is 0. The van der Waals surface area contributed by atoms with Crippen LogP contribution in [0.5, 0.6) is 0 Å². The van der Waals surface area contributed by atoms with Crippen LogP contribution in [-0.2, 0) is 0 Å². The molecule has 58 valence electrons. The molecule has 0 aromatic carbocycles. The second-order valence-corrected chi connectivity index (χ2v) is 2.69. The van der Waals surface area contributed by atoms with Crippen LogP contribution in [0.15, 0.2) is 0 Å². The predicted octanol–water partition coefficient (Wildman–Crippen LogP) is -0.265. The lowest BCUT2D eigenvalue weighted by atomic mass is 10.4. The van der Waals surface area contributed by atoms with Crippen molar-refractivity contribution in [2.75, 3.05) is 26.2 Å². The van der Waals surface area contributed by atoms with E-state index in [2.05, 4.69) is 4.90 Å². The summed E-state index contributed by atoms with van der Waals surface area (Å²) in [5.74, 6) is 4.92. The molecular weight excluding hydrogens is 130 g/mol. The molecule has 0 radical (unpaired) electrons. The molecule has 0 bridgehead atoms. The highest BCUT2D eigenvalue weighted by molar-refractivity contribution is 4.64. The van der Waals surface area contributed by atoms with Crippen LogP contribution in [0.1, 0.15) is 12.8 Å². The molecule has 1 rings (SSSR count). The van der Waals surface area contributed by atoms with E-state index < -0.39 is 0 Å². The molecule has 4 nitrogen and oxygen atoms in total. The Kier molecular flexibility index (Phi) is 2.62. The lowest BCUT2D eigenvalue weighted by Gasteiger charge is -2.08. The van der Waals surface area contributed by atoms with E-state index in [1.165, 1.54) is 12.8 Å². The maximum Gasteiger partial charge on any atom is 0.237 e. The normalized spacial score (nSPS) is 19.6. The Labute approximate surface area is 60.5 Å². The second kappa shape index (κ2) is 3.51. The van der Waals surface area contributed by atoms with Crippen molar-refractivity contribution in [2.24, 2.45) is 5.84 Å². The summed E-state index contributed by atoms with van der Waals surface area (Å²) in [6.45, 7) is 3.52. The van der Waals surface area contributed by atoms with E-state index in [-0.39, 0.29) is 0 Å². The Bertz CT molecular complexity index is 120. The fourth-order valence-electron chi connectivity index (χ4n) is 1.25. The summed E-state index contributed by atoms with van der Waals surface area (Å²) >= 11 is 0. The molecule has 1 heterocycles. The molecule has 0 atom stereocenters. The summed E-state index contributed by atoms with van der Waals surface area (Å²) in [5.41, 5.74) is 0. The summed E-state index contributed by atoms with van der Waals surface area (Å²) in [6.07, 6.45) is 2.53. The summed E-state index contributed by atoms with van der Waals surface area (Å²) in [6, 6.07) is 0. The molecule has 1 saturated heterocycles. The zero-order valence-electron chi connectivity index (χ0n) is 6.12. The maximum absolute atomic E-state index is 10.3. The van der Waals surface area contributed by atoms with Crippen molar-refractivity contribution in [1.82, 2.24) is 4.90 Å². The van der Waals surface area contributed by atoms with Gasteiger partial charge in [-0.1, -0.05) is 0 Å². The van der Waals surface area contributed by atoms with Gasteiger partial charge in [0.25, 0.3) is 0 Å². The van der Waals surface area contributed by atoms with E-state index in [9.17, 15) is 4.91 Å². The molecule has 0 aromatic rings. The van der Waals surface area contributed by atoms with E-state index in [0.29, 0.717) is 11.4 Å². The zero-order valence-corrected chi connectivity index (χ0v) is 6.12. The lowest BCUT2D eigenvalue weighted by molar-refractivity contribution is -0.560. The number of hydrazine groups is 1. The molecule has 4 heteroatoms. The van der Waals surface area contributed by atoms with Crippen molar-refractivity contribution >= 4 is 0 Å². The van der Waals surface area contributed by atoms with Crippen molar-refractivity contribution in [3.63, 3.8) is 0 Å². The summed E-state index contributed by atoms with van der Waals surface area (Å²) in [5, 5.41) is 0. The average molecular weight is 144 g/mol. The molecule has 1 aliphatic heterocycles. The van der Waals surface area contributed by atoms with Crippen molar-refractivity contribution in [2.45, 2.75) is 12.8 Å². The molecule has 10 heavy (non-hydrogen) atoms. The third-order valence-corrected chi connectivity index (χ3v) is 1.84. The Morgan fingerprint density at radius 1 is 1.40 bits per heavy atom. The third-order valence-electron chi connectivity index (χ3n) is 1.84. The Morgan fingerprint density at radius 3 is 2.50 bits per heavy atom. The van der Waals surface area contributed by atoms with Gasteiger partial charge in [-0.15, -0.1) is 0 Å². The van der Waals surface area contributed by atoms with Gasteiger partial charge in [0.15, 0.2) is 0 Å².